The average molecular weight is 417 g/mol. The molecule has 0 spiro atoms. The fourth-order valence-corrected chi connectivity index (χ4v) is 3.79. The highest BCUT2D eigenvalue weighted by Crippen LogP contribution is 2.28. The Morgan fingerprint density at radius 2 is 1.96 bits per heavy atom. The molecule has 2 aromatic carbocycles. The van der Waals surface area contributed by atoms with E-state index in [-0.39, 0.29) is 11.7 Å². The molecule has 28 heavy (non-hydrogen) atoms. The lowest BCUT2D eigenvalue weighted by Crippen LogP contribution is -2.14. The van der Waals surface area contributed by atoms with Crippen LogP contribution in [0.3, 0.4) is 0 Å². The Kier molecular flexibility index (Phi) is 6.26. The summed E-state index contributed by atoms with van der Waals surface area (Å²) in [7, 11) is 1.55. The third kappa shape index (κ3) is 4.48. The fourth-order valence-electron chi connectivity index (χ4n) is 2.75. The number of aromatic nitrogens is 3. The number of amides is 1. The maximum atomic E-state index is 12.4. The standard InChI is InChI=1S/C20H21ClN4O2S/c1-12-5-6-13(2)17(9-12)25-14(3)23-24-20(25)28-11-19(26)22-15-7-8-18(27-4)16(21)10-15/h5-10H,11H2,1-4H3,(H,22,26). The predicted molar refractivity (Wildman–Crippen MR) is 113 cm³/mol. The van der Waals surface area contributed by atoms with E-state index in [1.54, 1.807) is 25.3 Å². The van der Waals surface area contributed by atoms with Crippen molar-refractivity contribution in [3.05, 3.63) is 58.4 Å². The van der Waals surface area contributed by atoms with Crippen LogP contribution in [0.4, 0.5) is 5.69 Å². The number of carbonyl (C=O) groups excluding carboxylic acids is 1. The van der Waals surface area contributed by atoms with E-state index in [1.165, 1.54) is 11.8 Å². The maximum Gasteiger partial charge on any atom is 0.234 e. The number of ether oxygens (including phenoxy) is 1. The minimum Gasteiger partial charge on any atom is -0.495 e. The summed E-state index contributed by atoms with van der Waals surface area (Å²) in [5.74, 6) is 1.39. The Morgan fingerprint density at radius 3 is 2.68 bits per heavy atom. The number of halogens is 1. The Hall–Kier alpha value is -2.51. The first-order valence-electron chi connectivity index (χ1n) is 8.65. The van der Waals surface area contributed by atoms with Crippen LogP contribution >= 0.6 is 23.4 Å². The highest BCUT2D eigenvalue weighted by Gasteiger charge is 2.15. The van der Waals surface area contributed by atoms with E-state index in [0.29, 0.717) is 21.6 Å². The van der Waals surface area contributed by atoms with Crippen molar-refractivity contribution in [2.24, 2.45) is 0 Å². The number of thioether (sulfide) groups is 1. The van der Waals surface area contributed by atoms with Gasteiger partial charge in [0.1, 0.15) is 11.6 Å². The van der Waals surface area contributed by atoms with Crippen molar-refractivity contribution >= 4 is 35.0 Å². The molecule has 1 amide bonds. The van der Waals surface area contributed by atoms with E-state index in [1.807, 2.05) is 25.3 Å². The molecular formula is C20H21ClN4O2S. The lowest BCUT2D eigenvalue weighted by molar-refractivity contribution is -0.113. The lowest BCUT2D eigenvalue weighted by atomic mass is 10.1. The predicted octanol–water partition coefficient (Wildman–Crippen LogP) is 4.59. The summed E-state index contributed by atoms with van der Waals surface area (Å²) in [5, 5.41) is 12.4. The van der Waals surface area contributed by atoms with E-state index in [2.05, 4.69) is 33.7 Å². The van der Waals surface area contributed by atoms with Gasteiger partial charge in [0.05, 0.1) is 23.6 Å². The van der Waals surface area contributed by atoms with Crippen molar-refractivity contribution in [1.82, 2.24) is 14.8 Å². The van der Waals surface area contributed by atoms with Crippen LogP contribution in [0.1, 0.15) is 17.0 Å². The van der Waals surface area contributed by atoms with Crippen molar-refractivity contribution in [3.63, 3.8) is 0 Å². The highest BCUT2D eigenvalue weighted by atomic mass is 35.5. The number of aryl methyl sites for hydroxylation is 3. The molecule has 0 unspecified atom stereocenters. The second-order valence-corrected chi connectivity index (χ2v) is 7.69. The molecule has 0 fully saturated rings. The molecule has 0 saturated carbocycles. The van der Waals surface area contributed by atoms with E-state index in [9.17, 15) is 4.79 Å². The van der Waals surface area contributed by atoms with Gasteiger partial charge in [-0.15, -0.1) is 10.2 Å². The normalized spacial score (nSPS) is 10.8. The Bertz CT molecular complexity index is 1020. The van der Waals surface area contributed by atoms with Crippen LogP contribution in [0.25, 0.3) is 5.69 Å². The summed E-state index contributed by atoms with van der Waals surface area (Å²) in [6, 6.07) is 11.3. The molecule has 0 radical (unpaired) electrons. The molecular weight excluding hydrogens is 396 g/mol. The van der Waals surface area contributed by atoms with Gasteiger partial charge in [0.2, 0.25) is 5.91 Å². The summed E-state index contributed by atoms with van der Waals surface area (Å²) >= 11 is 7.44. The van der Waals surface area contributed by atoms with Gasteiger partial charge >= 0.3 is 0 Å². The lowest BCUT2D eigenvalue weighted by Gasteiger charge is -2.12. The first-order valence-corrected chi connectivity index (χ1v) is 10.0. The molecule has 1 heterocycles. The molecule has 0 aliphatic heterocycles. The first-order chi connectivity index (χ1) is 13.4. The first kappa shape index (κ1) is 20.2. The molecule has 1 aromatic heterocycles. The molecule has 1 N–H and O–H groups in total. The Labute approximate surface area is 173 Å². The van der Waals surface area contributed by atoms with Crippen LogP contribution in [0.2, 0.25) is 5.02 Å². The largest absolute Gasteiger partial charge is 0.495 e. The number of anilines is 1. The summed E-state index contributed by atoms with van der Waals surface area (Å²) in [5.41, 5.74) is 3.90. The van der Waals surface area contributed by atoms with E-state index < -0.39 is 0 Å². The number of nitrogens with one attached hydrogen (secondary N) is 1. The molecule has 3 aromatic rings. The monoisotopic (exact) mass is 416 g/mol. The van der Waals surface area contributed by atoms with Crippen molar-refractivity contribution in [3.8, 4) is 11.4 Å². The molecule has 0 aliphatic carbocycles. The number of benzene rings is 2. The van der Waals surface area contributed by atoms with Crippen LogP contribution in [-0.4, -0.2) is 33.5 Å². The molecule has 0 atom stereocenters. The summed E-state index contributed by atoms with van der Waals surface area (Å²) in [6.07, 6.45) is 0. The number of rotatable bonds is 6. The summed E-state index contributed by atoms with van der Waals surface area (Å²) in [4.78, 5) is 12.4. The van der Waals surface area contributed by atoms with Gasteiger partial charge in [-0.1, -0.05) is 35.5 Å². The quantitative estimate of drug-likeness (QED) is 0.595. The minimum absolute atomic E-state index is 0.153. The molecule has 0 saturated heterocycles. The summed E-state index contributed by atoms with van der Waals surface area (Å²) < 4.78 is 7.10. The van der Waals surface area contributed by atoms with Crippen molar-refractivity contribution in [2.75, 3.05) is 18.2 Å². The van der Waals surface area contributed by atoms with E-state index in [0.717, 1.165) is 22.6 Å². The molecule has 0 bridgehead atoms. The van der Waals surface area contributed by atoms with Crippen LogP contribution < -0.4 is 10.1 Å². The number of nitrogens with zero attached hydrogens (tertiary/aromatic N) is 3. The fraction of sp³-hybridized carbons (Fsp3) is 0.250. The second kappa shape index (κ2) is 8.67. The average Bonchev–Trinajstić information content (AvgIpc) is 3.02. The second-order valence-electron chi connectivity index (χ2n) is 6.34. The van der Waals surface area contributed by atoms with Crippen LogP contribution in [-0.2, 0) is 4.79 Å². The molecule has 6 nitrogen and oxygen atoms in total. The van der Waals surface area contributed by atoms with Gasteiger partial charge in [0.25, 0.3) is 0 Å². The number of methoxy groups -OCH3 is 1. The third-order valence-electron chi connectivity index (χ3n) is 4.17. The molecule has 8 heteroatoms. The van der Waals surface area contributed by atoms with Crippen molar-refractivity contribution in [1.29, 1.82) is 0 Å². The number of carbonyl (C=O) groups is 1. The molecule has 146 valence electrons. The maximum absolute atomic E-state index is 12.4. The van der Waals surface area contributed by atoms with Gasteiger partial charge in [-0.2, -0.15) is 0 Å². The molecule has 3 rings (SSSR count). The Balaban J connectivity index is 1.72. The van der Waals surface area contributed by atoms with Gasteiger partial charge in [-0.3, -0.25) is 9.36 Å². The number of hydrogen-bond donors (Lipinski definition) is 1. The van der Waals surface area contributed by atoms with E-state index in [4.69, 9.17) is 16.3 Å². The van der Waals surface area contributed by atoms with Crippen LogP contribution in [0, 0.1) is 20.8 Å². The van der Waals surface area contributed by atoms with Crippen molar-refractivity contribution < 1.29 is 9.53 Å². The highest BCUT2D eigenvalue weighted by molar-refractivity contribution is 7.99. The molecule has 0 aliphatic rings. The van der Waals surface area contributed by atoms with Gasteiger partial charge < -0.3 is 10.1 Å². The van der Waals surface area contributed by atoms with Gasteiger partial charge in [-0.25, -0.2) is 0 Å². The third-order valence-corrected chi connectivity index (χ3v) is 5.39. The SMILES string of the molecule is COc1ccc(NC(=O)CSc2nnc(C)n2-c2cc(C)ccc2C)cc1Cl. The summed E-state index contributed by atoms with van der Waals surface area (Å²) in [6.45, 7) is 5.99. The van der Waals surface area contributed by atoms with Crippen molar-refractivity contribution in [2.45, 2.75) is 25.9 Å². The topological polar surface area (TPSA) is 69.0 Å². The van der Waals surface area contributed by atoms with E-state index >= 15 is 0 Å². The number of hydrogen-bond acceptors (Lipinski definition) is 5. The van der Waals surface area contributed by atoms with Crippen LogP contribution in [0.15, 0.2) is 41.6 Å². The zero-order chi connectivity index (χ0) is 20.3. The van der Waals surface area contributed by atoms with Gasteiger partial charge in [0.15, 0.2) is 5.16 Å². The minimum atomic E-state index is -0.153. The zero-order valence-electron chi connectivity index (χ0n) is 16.1. The zero-order valence-corrected chi connectivity index (χ0v) is 17.7. The van der Waals surface area contributed by atoms with Crippen LogP contribution in [0.5, 0.6) is 5.75 Å². The van der Waals surface area contributed by atoms with Gasteiger partial charge in [0, 0.05) is 5.69 Å². The smallest absolute Gasteiger partial charge is 0.234 e. The Morgan fingerprint density at radius 1 is 1.18 bits per heavy atom. The van der Waals surface area contributed by atoms with Gasteiger partial charge in [-0.05, 0) is 56.2 Å².